The molecule has 0 saturated heterocycles. The van der Waals surface area contributed by atoms with Gasteiger partial charge < -0.3 is 10.7 Å². The third-order valence-corrected chi connectivity index (χ3v) is 4.20. The maximum atomic E-state index is 14.0. The number of amides is 2. The van der Waals surface area contributed by atoms with Crippen LogP contribution in [0.2, 0.25) is 0 Å². The molecular formula is C18H16F4N4O2. The first kappa shape index (κ1) is 19.6. The molecule has 1 heterocycles. The van der Waals surface area contributed by atoms with E-state index in [2.05, 4.69) is 16.3 Å². The van der Waals surface area contributed by atoms with Crippen molar-refractivity contribution in [2.24, 2.45) is 0 Å². The van der Waals surface area contributed by atoms with E-state index in [0.717, 1.165) is 17.1 Å². The molecule has 2 aromatic carbocycles. The van der Waals surface area contributed by atoms with Crippen molar-refractivity contribution < 1.29 is 27.2 Å². The van der Waals surface area contributed by atoms with E-state index in [9.17, 15) is 27.2 Å². The van der Waals surface area contributed by atoms with Crippen LogP contribution in [0.25, 0.3) is 0 Å². The number of carbonyl (C=O) groups is 2. The number of hydrogen-bond acceptors (Lipinski definition) is 4. The van der Waals surface area contributed by atoms with Gasteiger partial charge in [-0.25, -0.2) is 9.40 Å². The highest BCUT2D eigenvalue weighted by molar-refractivity contribution is 6.02. The number of rotatable bonds is 4. The lowest BCUT2D eigenvalue weighted by atomic mass is 10.0. The second-order valence-electron chi connectivity index (χ2n) is 6.20. The SMILES string of the molecule is C[C@H](NC(=O)CN1NNc2ccccc2C1=O)c1ccc(C(F)(F)F)cc1F. The van der Waals surface area contributed by atoms with Gasteiger partial charge in [0, 0.05) is 5.56 Å². The smallest absolute Gasteiger partial charge is 0.348 e. The normalized spacial score (nSPS) is 14.9. The highest BCUT2D eigenvalue weighted by atomic mass is 19.4. The minimum atomic E-state index is -4.66. The minimum absolute atomic E-state index is 0.0947. The molecule has 0 aromatic heterocycles. The molecule has 0 bridgehead atoms. The molecule has 0 saturated carbocycles. The van der Waals surface area contributed by atoms with E-state index in [0.29, 0.717) is 17.3 Å². The molecule has 0 radical (unpaired) electrons. The number of alkyl halides is 3. The Morgan fingerprint density at radius 1 is 1.21 bits per heavy atom. The van der Waals surface area contributed by atoms with Crippen molar-refractivity contribution in [3.8, 4) is 0 Å². The number of carbonyl (C=O) groups excluding carboxylic acids is 2. The van der Waals surface area contributed by atoms with Crippen molar-refractivity contribution in [2.45, 2.75) is 19.1 Å². The summed E-state index contributed by atoms with van der Waals surface area (Å²) in [6, 6.07) is 7.91. The topological polar surface area (TPSA) is 73.5 Å². The summed E-state index contributed by atoms with van der Waals surface area (Å²) >= 11 is 0. The van der Waals surface area contributed by atoms with E-state index in [1.165, 1.54) is 6.92 Å². The molecule has 6 nitrogen and oxygen atoms in total. The van der Waals surface area contributed by atoms with Crippen LogP contribution in [0.15, 0.2) is 42.5 Å². The Morgan fingerprint density at radius 2 is 1.93 bits per heavy atom. The summed E-state index contributed by atoms with van der Waals surface area (Å²) in [6.07, 6.45) is -4.66. The summed E-state index contributed by atoms with van der Waals surface area (Å²) < 4.78 is 51.9. The van der Waals surface area contributed by atoms with Crippen molar-refractivity contribution in [1.82, 2.24) is 15.9 Å². The minimum Gasteiger partial charge on any atom is -0.348 e. The first-order valence-corrected chi connectivity index (χ1v) is 8.25. The molecule has 2 aromatic rings. The first-order valence-electron chi connectivity index (χ1n) is 8.25. The number of fused-ring (bicyclic) bond motifs is 1. The molecular weight excluding hydrogens is 380 g/mol. The number of halogens is 4. The molecule has 2 amide bonds. The lowest BCUT2D eigenvalue weighted by molar-refractivity contribution is -0.137. The van der Waals surface area contributed by atoms with Gasteiger partial charge in [0.25, 0.3) is 5.91 Å². The number of benzene rings is 2. The Hall–Kier alpha value is -3.14. The zero-order valence-corrected chi connectivity index (χ0v) is 14.6. The zero-order chi connectivity index (χ0) is 20.5. The van der Waals surface area contributed by atoms with E-state index in [-0.39, 0.29) is 12.1 Å². The standard InChI is InChI=1S/C18H16F4N4O2/c1-10(12-7-6-11(8-14(12)19)18(20,21)22)23-16(27)9-26-17(28)13-4-2-3-5-15(13)24-25-26/h2-8,10,24-25H,9H2,1H3,(H,23,27)/t10-/m0/s1. The maximum absolute atomic E-state index is 14.0. The average molecular weight is 396 g/mol. The van der Waals surface area contributed by atoms with Gasteiger partial charge in [-0.05, 0) is 31.2 Å². The fourth-order valence-corrected chi connectivity index (χ4v) is 2.78. The molecule has 0 spiro atoms. The Kier molecular flexibility index (Phi) is 5.23. The first-order chi connectivity index (χ1) is 13.2. The second kappa shape index (κ2) is 7.47. The average Bonchev–Trinajstić information content (AvgIpc) is 2.63. The predicted molar refractivity (Wildman–Crippen MR) is 92.2 cm³/mol. The molecule has 148 valence electrons. The van der Waals surface area contributed by atoms with Gasteiger partial charge in [0.2, 0.25) is 5.91 Å². The Labute approximate surface area is 157 Å². The van der Waals surface area contributed by atoms with Gasteiger partial charge in [0.15, 0.2) is 0 Å². The fraction of sp³-hybridized carbons (Fsp3) is 0.222. The van der Waals surface area contributed by atoms with Crippen molar-refractivity contribution in [2.75, 3.05) is 12.0 Å². The molecule has 1 aliphatic heterocycles. The molecule has 1 aliphatic rings. The van der Waals surface area contributed by atoms with Crippen LogP contribution in [-0.2, 0) is 11.0 Å². The van der Waals surface area contributed by atoms with Gasteiger partial charge in [0.1, 0.15) is 12.4 Å². The summed E-state index contributed by atoms with van der Waals surface area (Å²) in [7, 11) is 0. The number of hydrogen-bond donors (Lipinski definition) is 3. The number of nitrogens with one attached hydrogen (secondary N) is 3. The van der Waals surface area contributed by atoms with E-state index in [4.69, 9.17) is 0 Å². The lowest BCUT2D eigenvalue weighted by Gasteiger charge is -2.30. The van der Waals surface area contributed by atoms with Gasteiger partial charge in [-0.2, -0.15) is 13.2 Å². The van der Waals surface area contributed by atoms with E-state index in [1.807, 2.05) is 0 Å². The summed E-state index contributed by atoms with van der Waals surface area (Å²) in [5, 5.41) is 3.50. The van der Waals surface area contributed by atoms with E-state index >= 15 is 0 Å². The molecule has 0 aliphatic carbocycles. The third-order valence-electron chi connectivity index (χ3n) is 4.20. The quantitative estimate of drug-likeness (QED) is 0.695. The predicted octanol–water partition coefficient (Wildman–Crippen LogP) is 3.01. The summed E-state index contributed by atoms with van der Waals surface area (Å²) in [4.78, 5) is 24.6. The van der Waals surface area contributed by atoms with Crippen LogP contribution in [0.4, 0.5) is 23.2 Å². The highest BCUT2D eigenvalue weighted by Gasteiger charge is 2.32. The molecule has 10 heteroatoms. The summed E-state index contributed by atoms with van der Waals surface area (Å²) in [6.45, 7) is 1.05. The molecule has 1 atom stereocenters. The monoisotopic (exact) mass is 396 g/mol. The van der Waals surface area contributed by atoms with Crippen LogP contribution in [0.1, 0.15) is 34.5 Å². The van der Waals surface area contributed by atoms with Crippen molar-refractivity contribution in [1.29, 1.82) is 0 Å². The second-order valence-corrected chi connectivity index (χ2v) is 6.20. The lowest BCUT2D eigenvalue weighted by Crippen LogP contribution is -2.53. The van der Waals surface area contributed by atoms with Gasteiger partial charge >= 0.3 is 6.18 Å². The van der Waals surface area contributed by atoms with Crippen LogP contribution >= 0.6 is 0 Å². The van der Waals surface area contributed by atoms with Crippen LogP contribution in [0.3, 0.4) is 0 Å². The number of hydrazine groups is 2. The molecule has 3 N–H and O–H groups in total. The van der Waals surface area contributed by atoms with Crippen molar-refractivity contribution in [3.63, 3.8) is 0 Å². The van der Waals surface area contributed by atoms with Gasteiger partial charge in [0.05, 0.1) is 22.9 Å². The van der Waals surface area contributed by atoms with E-state index < -0.39 is 35.4 Å². The number of anilines is 1. The van der Waals surface area contributed by atoms with Crippen LogP contribution < -0.4 is 16.3 Å². The molecule has 28 heavy (non-hydrogen) atoms. The number of nitrogens with zero attached hydrogens (tertiary/aromatic N) is 1. The molecule has 0 unspecified atom stereocenters. The Bertz CT molecular complexity index is 917. The molecule has 3 rings (SSSR count). The van der Waals surface area contributed by atoms with Gasteiger partial charge in [-0.15, -0.1) is 5.53 Å². The Morgan fingerprint density at radius 3 is 2.61 bits per heavy atom. The summed E-state index contributed by atoms with van der Waals surface area (Å²) in [5.41, 5.74) is 5.07. The third kappa shape index (κ3) is 4.06. The highest BCUT2D eigenvalue weighted by Crippen LogP contribution is 2.31. The van der Waals surface area contributed by atoms with Gasteiger partial charge in [-0.3, -0.25) is 9.59 Å². The maximum Gasteiger partial charge on any atom is 0.416 e. The van der Waals surface area contributed by atoms with Crippen LogP contribution in [-0.4, -0.2) is 23.4 Å². The van der Waals surface area contributed by atoms with E-state index in [1.54, 1.807) is 24.3 Å². The Balaban J connectivity index is 1.65. The fourth-order valence-electron chi connectivity index (χ4n) is 2.78. The van der Waals surface area contributed by atoms with Crippen LogP contribution in [0.5, 0.6) is 0 Å². The molecule has 0 fully saturated rings. The van der Waals surface area contributed by atoms with Crippen LogP contribution in [0, 0.1) is 5.82 Å². The van der Waals surface area contributed by atoms with Crippen molar-refractivity contribution >= 4 is 17.5 Å². The zero-order valence-electron chi connectivity index (χ0n) is 14.6. The summed E-state index contributed by atoms with van der Waals surface area (Å²) in [5.74, 6) is -2.13. The largest absolute Gasteiger partial charge is 0.416 e. The number of para-hydroxylation sites is 1. The van der Waals surface area contributed by atoms with Crippen molar-refractivity contribution in [3.05, 3.63) is 65.0 Å². The van der Waals surface area contributed by atoms with Gasteiger partial charge in [-0.1, -0.05) is 18.2 Å².